The number of allylic oxidation sites excluding steroid dienone is 20. The molecule has 0 aromatic carbocycles. The number of phosphoric ester groups is 1. The van der Waals surface area contributed by atoms with E-state index in [4.69, 9.17) is 18.5 Å². The third-order valence-corrected chi connectivity index (χ3v) is 12.0. The average Bonchev–Trinajstić information content (AvgIpc) is 3.32. The van der Waals surface area contributed by atoms with Gasteiger partial charge in [-0.05, 0) is 103 Å². The Morgan fingerprint density at radius 2 is 0.771 bits per heavy atom. The highest BCUT2D eigenvalue weighted by molar-refractivity contribution is 7.47. The molecule has 2 unspecified atom stereocenters. The van der Waals surface area contributed by atoms with Crippen LogP contribution in [0.3, 0.4) is 0 Å². The maximum Gasteiger partial charge on any atom is 0.472 e. The van der Waals surface area contributed by atoms with Gasteiger partial charge in [-0.2, -0.15) is 0 Å². The molecule has 0 spiro atoms. The Bertz CT molecular complexity index is 1590. The minimum absolute atomic E-state index is 0.0197. The van der Waals surface area contributed by atoms with E-state index < -0.39 is 26.5 Å². The van der Waals surface area contributed by atoms with E-state index in [0.29, 0.717) is 17.4 Å². The molecule has 0 aromatic rings. The Morgan fingerprint density at radius 1 is 0.443 bits per heavy atom. The van der Waals surface area contributed by atoms with E-state index in [1.165, 1.54) is 25.7 Å². The minimum atomic E-state index is -4.40. The van der Waals surface area contributed by atoms with Gasteiger partial charge in [0.25, 0.3) is 0 Å². The van der Waals surface area contributed by atoms with Gasteiger partial charge in [-0.3, -0.25) is 18.6 Å². The van der Waals surface area contributed by atoms with Crippen LogP contribution in [0.5, 0.6) is 0 Å². The first-order chi connectivity index (χ1) is 34.0. The van der Waals surface area contributed by atoms with Crippen molar-refractivity contribution in [3.63, 3.8) is 0 Å². The van der Waals surface area contributed by atoms with Crippen LogP contribution >= 0.6 is 7.82 Å². The Labute approximate surface area is 428 Å². The van der Waals surface area contributed by atoms with Crippen molar-refractivity contribution in [1.29, 1.82) is 0 Å². The van der Waals surface area contributed by atoms with Gasteiger partial charge in [0.1, 0.15) is 19.8 Å². The van der Waals surface area contributed by atoms with E-state index in [2.05, 4.69) is 135 Å². The van der Waals surface area contributed by atoms with Crippen LogP contribution < -0.4 is 0 Å². The van der Waals surface area contributed by atoms with Gasteiger partial charge in [-0.15, -0.1) is 0 Å². The Kier molecular flexibility index (Phi) is 47.8. The van der Waals surface area contributed by atoms with Crippen LogP contribution in [0.25, 0.3) is 0 Å². The molecule has 0 bridgehead atoms. The number of nitrogens with zero attached hydrogens (tertiary/aromatic N) is 1. The number of unbranched alkanes of at least 4 members (excludes halogenated alkanes) is 14. The van der Waals surface area contributed by atoms with Crippen molar-refractivity contribution in [1.82, 2.24) is 0 Å². The molecule has 0 amide bonds. The smallest absolute Gasteiger partial charge is 0.462 e. The summed E-state index contributed by atoms with van der Waals surface area (Å²) in [5.41, 5.74) is 0. The third kappa shape index (κ3) is 53.8. The van der Waals surface area contributed by atoms with E-state index >= 15 is 0 Å². The number of quaternary nitrogens is 1. The van der Waals surface area contributed by atoms with Gasteiger partial charge < -0.3 is 18.9 Å². The molecule has 0 aliphatic heterocycles. The second kappa shape index (κ2) is 50.4. The fourth-order valence-electron chi connectivity index (χ4n) is 6.83. The summed E-state index contributed by atoms with van der Waals surface area (Å²) < 4.78 is 34.5. The molecule has 9 nitrogen and oxygen atoms in total. The Hall–Kier alpha value is -3.59. The van der Waals surface area contributed by atoms with E-state index in [-0.39, 0.29) is 32.0 Å². The van der Waals surface area contributed by atoms with Crippen LogP contribution in [0.2, 0.25) is 0 Å². The summed E-state index contributed by atoms with van der Waals surface area (Å²) in [6.07, 6.45) is 71.1. The van der Waals surface area contributed by atoms with E-state index in [1.807, 2.05) is 21.1 Å². The molecule has 10 heteroatoms. The largest absolute Gasteiger partial charge is 0.472 e. The molecule has 0 heterocycles. The second-order valence-corrected chi connectivity index (χ2v) is 20.3. The normalized spacial score (nSPS) is 14.3. The summed E-state index contributed by atoms with van der Waals surface area (Å²) >= 11 is 0. The lowest BCUT2D eigenvalue weighted by Gasteiger charge is -2.24. The fourth-order valence-corrected chi connectivity index (χ4v) is 7.57. The minimum Gasteiger partial charge on any atom is -0.462 e. The first kappa shape index (κ1) is 66.4. The molecule has 0 saturated heterocycles. The first-order valence-corrected chi connectivity index (χ1v) is 28.8. The lowest BCUT2D eigenvalue weighted by molar-refractivity contribution is -0.870. The van der Waals surface area contributed by atoms with Gasteiger partial charge in [0.2, 0.25) is 0 Å². The molecular formula is C60H101NO8P+. The highest BCUT2D eigenvalue weighted by Crippen LogP contribution is 2.43. The zero-order chi connectivity index (χ0) is 51.3. The summed E-state index contributed by atoms with van der Waals surface area (Å²) in [5.74, 6) is -0.833. The van der Waals surface area contributed by atoms with Crippen molar-refractivity contribution in [2.24, 2.45) is 0 Å². The predicted octanol–water partition coefficient (Wildman–Crippen LogP) is 16.8. The lowest BCUT2D eigenvalue weighted by Crippen LogP contribution is -2.37. The number of hydrogen-bond acceptors (Lipinski definition) is 7. The maximum absolute atomic E-state index is 12.8. The summed E-state index contributed by atoms with van der Waals surface area (Å²) in [5, 5.41) is 0. The number of esters is 2. The van der Waals surface area contributed by atoms with Crippen molar-refractivity contribution < 1.29 is 42.1 Å². The standard InChI is InChI=1S/C60H100NO8P/c1-6-8-10-12-14-16-18-20-22-24-26-28-29-30-31-33-35-37-39-41-43-45-47-49-51-53-60(63)69-58(57-68-70(64,65)67-55-54-61(3,4)5)56-66-59(62)52-50-48-46-44-42-40-38-36-34-32-27-25-23-21-19-17-15-13-11-9-7-2/h8-11,14-17,20-23,26-28,30-32,35,37,58H,6-7,12-13,18-19,24-25,29,33-34,36,38-57H2,1-5H3/p+1/b10-8-,11-9-,16-14-,17-15-,22-20-,23-21-,28-26-,31-30-,32-27-,37-35-. The molecule has 0 fully saturated rings. The number of rotatable bonds is 48. The van der Waals surface area contributed by atoms with Gasteiger partial charge in [-0.25, -0.2) is 4.57 Å². The molecule has 0 aliphatic rings. The first-order valence-electron chi connectivity index (χ1n) is 27.3. The Morgan fingerprint density at radius 3 is 1.14 bits per heavy atom. The van der Waals surface area contributed by atoms with Gasteiger partial charge in [0.15, 0.2) is 6.10 Å². The van der Waals surface area contributed by atoms with E-state index in [0.717, 1.165) is 135 Å². The van der Waals surface area contributed by atoms with E-state index in [1.54, 1.807) is 0 Å². The molecule has 0 aliphatic carbocycles. The van der Waals surface area contributed by atoms with E-state index in [9.17, 15) is 19.0 Å². The number of carbonyl (C=O) groups is 2. The number of phosphoric acid groups is 1. The highest BCUT2D eigenvalue weighted by Gasteiger charge is 2.27. The average molecular weight is 995 g/mol. The Balaban J connectivity index is 4.30. The predicted molar refractivity (Wildman–Crippen MR) is 297 cm³/mol. The molecule has 2 atom stereocenters. The van der Waals surface area contributed by atoms with Crippen molar-refractivity contribution in [2.45, 2.75) is 200 Å². The van der Waals surface area contributed by atoms with Crippen LogP contribution in [0.15, 0.2) is 122 Å². The number of carbonyl (C=O) groups excluding carboxylic acids is 2. The zero-order valence-electron chi connectivity index (χ0n) is 45.0. The molecule has 398 valence electrons. The van der Waals surface area contributed by atoms with Crippen LogP contribution in [0.4, 0.5) is 0 Å². The lowest BCUT2D eigenvalue weighted by atomic mass is 10.1. The molecule has 0 radical (unpaired) electrons. The highest BCUT2D eigenvalue weighted by atomic mass is 31.2. The molecule has 0 aromatic heterocycles. The number of ether oxygens (including phenoxy) is 2. The van der Waals surface area contributed by atoms with Gasteiger partial charge in [-0.1, -0.05) is 200 Å². The monoisotopic (exact) mass is 995 g/mol. The molecule has 0 saturated carbocycles. The van der Waals surface area contributed by atoms with Crippen molar-refractivity contribution in [3.05, 3.63) is 122 Å². The van der Waals surface area contributed by atoms with Crippen molar-refractivity contribution in [3.8, 4) is 0 Å². The summed E-state index contributed by atoms with van der Waals surface area (Å²) in [7, 11) is 1.44. The second-order valence-electron chi connectivity index (χ2n) is 18.8. The molecule has 0 rings (SSSR count). The molecular weight excluding hydrogens is 894 g/mol. The fraction of sp³-hybridized carbons (Fsp3) is 0.633. The van der Waals surface area contributed by atoms with Crippen LogP contribution in [-0.4, -0.2) is 74.9 Å². The number of hydrogen-bond donors (Lipinski definition) is 1. The quantitative estimate of drug-likeness (QED) is 0.0211. The summed E-state index contributed by atoms with van der Waals surface area (Å²) in [6.45, 7) is 4.16. The molecule has 70 heavy (non-hydrogen) atoms. The zero-order valence-corrected chi connectivity index (χ0v) is 45.8. The van der Waals surface area contributed by atoms with Crippen LogP contribution in [0.1, 0.15) is 194 Å². The van der Waals surface area contributed by atoms with Gasteiger partial charge in [0.05, 0.1) is 27.7 Å². The van der Waals surface area contributed by atoms with Crippen LogP contribution in [-0.2, 0) is 32.7 Å². The third-order valence-electron chi connectivity index (χ3n) is 11.0. The van der Waals surface area contributed by atoms with Gasteiger partial charge >= 0.3 is 19.8 Å². The van der Waals surface area contributed by atoms with Crippen molar-refractivity contribution in [2.75, 3.05) is 47.5 Å². The maximum atomic E-state index is 12.8. The topological polar surface area (TPSA) is 108 Å². The molecule has 1 N–H and O–H groups in total. The summed E-state index contributed by atoms with van der Waals surface area (Å²) in [4.78, 5) is 35.7. The summed E-state index contributed by atoms with van der Waals surface area (Å²) in [6, 6.07) is 0. The van der Waals surface area contributed by atoms with Gasteiger partial charge in [0, 0.05) is 12.8 Å². The van der Waals surface area contributed by atoms with Crippen LogP contribution in [0, 0.1) is 0 Å². The SMILES string of the molecule is CC/C=C\C/C=C\C/C=C\C/C=C\C/C=C\C/C=C\CCCCCCCCC(=O)OC(COC(=O)CCCCCCCCCC/C=C\C/C=C\C/C=C\C/C=C\CC)COP(=O)(O)OCC[N+](C)(C)C. The van der Waals surface area contributed by atoms with Crippen molar-refractivity contribution >= 4 is 19.8 Å². The number of likely N-dealkylation sites (N-methyl/N-ethyl adjacent to an activating group) is 1.